The molecule has 1 rings (SSSR count). The third kappa shape index (κ3) is 2.70. The summed E-state index contributed by atoms with van der Waals surface area (Å²) in [6.45, 7) is 2.51. The van der Waals surface area contributed by atoms with E-state index in [1.165, 1.54) is 0 Å². The fourth-order valence-electron chi connectivity index (χ4n) is 1.09. The van der Waals surface area contributed by atoms with Crippen molar-refractivity contribution in [2.24, 2.45) is 0 Å². The van der Waals surface area contributed by atoms with Crippen LogP contribution in [0, 0.1) is 0 Å². The highest BCUT2D eigenvalue weighted by atomic mass is 31.2. The third-order valence-corrected chi connectivity index (χ3v) is 2.19. The van der Waals surface area contributed by atoms with Gasteiger partial charge in [-0.25, -0.2) is 9.09 Å². The second kappa shape index (κ2) is 3.67. The van der Waals surface area contributed by atoms with E-state index in [0.717, 1.165) is 0 Å². The topological polar surface area (TPSA) is 73.2 Å². The van der Waals surface area contributed by atoms with Crippen LogP contribution < -0.4 is 0 Å². The smallest absolute Gasteiger partial charge is 0.337 e. The maximum Gasteiger partial charge on any atom is 0.472 e. The standard InChI is InChI=1S/C6H13N2O4P/c1-3-8-5-4-7(2)6(8)12-13(9,10)11/h4-6H,3H2,1-2H3,(H2,9,10,11). The zero-order valence-electron chi connectivity index (χ0n) is 7.49. The first-order valence-corrected chi connectivity index (χ1v) is 5.37. The van der Waals surface area contributed by atoms with Crippen molar-refractivity contribution in [2.45, 2.75) is 13.3 Å². The molecule has 0 aliphatic carbocycles. The van der Waals surface area contributed by atoms with Crippen LogP contribution in [0.4, 0.5) is 0 Å². The van der Waals surface area contributed by atoms with Crippen molar-refractivity contribution in [3.63, 3.8) is 0 Å². The van der Waals surface area contributed by atoms with E-state index < -0.39 is 14.2 Å². The van der Waals surface area contributed by atoms with E-state index in [9.17, 15) is 4.57 Å². The molecule has 1 heterocycles. The predicted octanol–water partition coefficient (Wildman–Crippen LogP) is 0.118. The molecule has 1 aliphatic rings. The van der Waals surface area contributed by atoms with Gasteiger partial charge in [0.2, 0.25) is 6.35 Å². The number of rotatable bonds is 3. The number of phosphoric acid groups is 1. The van der Waals surface area contributed by atoms with Crippen LogP contribution in [0.2, 0.25) is 0 Å². The van der Waals surface area contributed by atoms with E-state index in [0.29, 0.717) is 6.54 Å². The second-order valence-corrected chi connectivity index (χ2v) is 3.91. The Bertz CT molecular complexity index is 251. The Balaban J connectivity index is 2.63. The molecular formula is C6H13N2O4P. The number of hydrogen-bond acceptors (Lipinski definition) is 4. The zero-order valence-corrected chi connectivity index (χ0v) is 8.39. The Morgan fingerprint density at radius 1 is 1.54 bits per heavy atom. The maximum absolute atomic E-state index is 10.6. The van der Waals surface area contributed by atoms with Crippen molar-refractivity contribution in [3.05, 3.63) is 12.4 Å². The van der Waals surface area contributed by atoms with E-state index in [1.54, 1.807) is 29.2 Å². The zero-order chi connectivity index (χ0) is 10.1. The summed E-state index contributed by atoms with van der Waals surface area (Å²) in [5, 5.41) is 0. The Kier molecular flexibility index (Phi) is 2.98. The average molecular weight is 208 g/mol. The highest BCUT2D eigenvalue weighted by molar-refractivity contribution is 7.46. The van der Waals surface area contributed by atoms with Crippen LogP contribution in [0.3, 0.4) is 0 Å². The predicted molar refractivity (Wildman–Crippen MR) is 46.2 cm³/mol. The van der Waals surface area contributed by atoms with Gasteiger partial charge in [0.15, 0.2) is 0 Å². The van der Waals surface area contributed by atoms with Crippen LogP contribution in [-0.4, -0.2) is 39.5 Å². The van der Waals surface area contributed by atoms with Crippen molar-refractivity contribution < 1.29 is 18.9 Å². The molecule has 7 heteroatoms. The molecule has 0 saturated carbocycles. The minimum absolute atomic E-state index is 0.630. The lowest BCUT2D eigenvalue weighted by Gasteiger charge is -2.28. The number of phosphoric ester groups is 1. The molecule has 1 unspecified atom stereocenters. The van der Waals surface area contributed by atoms with Gasteiger partial charge in [-0.15, -0.1) is 0 Å². The minimum Gasteiger partial charge on any atom is -0.337 e. The first kappa shape index (κ1) is 10.5. The Morgan fingerprint density at radius 2 is 2.15 bits per heavy atom. The van der Waals surface area contributed by atoms with Gasteiger partial charge in [-0.3, -0.25) is 0 Å². The van der Waals surface area contributed by atoms with E-state index in [4.69, 9.17) is 9.79 Å². The highest BCUT2D eigenvalue weighted by Crippen LogP contribution is 2.39. The van der Waals surface area contributed by atoms with Crippen LogP contribution in [0.1, 0.15) is 6.92 Å². The summed E-state index contributed by atoms with van der Waals surface area (Å²) < 4.78 is 15.2. The molecule has 0 aromatic carbocycles. The molecule has 76 valence electrons. The highest BCUT2D eigenvalue weighted by Gasteiger charge is 2.30. The van der Waals surface area contributed by atoms with Crippen molar-refractivity contribution in [3.8, 4) is 0 Å². The molecule has 0 aromatic rings. The maximum atomic E-state index is 10.6. The van der Waals surface area contributed by atoms with Crippen molar-refractivity contribution >= 4 is 7.82 Å². The summed E-state index contributed by atoms with van der Waals surface area (Å²) in [7, 11) is -2.74. The first-order valence-electron chi connectivity index (χ1n) is 3.84. The lowest BCUT2D eigenvalue weighted by Crippen LogP contribution is -2.37. The molecular weight excluding hydrogens is 195 g/mol. The largest absolute Gasteiger partial charge is 0.472 e. The van der Waals surface area contributed by atoms with Crippen LogP contribution >= 0.6 is 7.82 Å². The van der Waals surface area contributed by atoms with Crippen LogP contribution in [-0.2, 0) is 9.09 Å². The summed E-state index contributed by atoms with van der Waals surface area (Å²) >= 11 is 0. The molecule has 1 aliphatic heterocycles. The van der Waals surface area contributed by atoms with Gasteiger partial charge in [0, 0.05) is 26.0 Å². The molecule has 0 fully saturated rings. The van der Waals surface area contributed by atoms with Crippen molar-refractivity contribution in [1.82, 2.24) is 9.80 Å². The van der Waals surface area contributed by atoms with E-state index >= 15 is 0 Å². The summed E-state index contributed by atoms with van der Waals surface area (Å²) in [5.41, 5.74) is 0. The molecule has 13 heavy (non-hydrogen) atoms. The molecule has 1 atom stereocenters. The van der Waals surface area contributed by atoms with E-state index in [1.807, 2.05) is 6.92 Å². The average Bonchev–Trinajstić information content (AvgIpc) is 2.30. The van der Waals surface area contributed by atoms with Gasteiger partial charge in [0.05, 0.1) is 0 Å². The summed E-state index contributed by atoms with van der Waals surface area (Å²) in [4.78, 5) is 20.5. The van der Waals surface area contributed by atoms with E-state index in [2.05, 4.69) is 4.52 Å². The van der Waals surface area contributed by atoms with Gasteiger partial charge in [-0.2, -0.15) is 0 Å². The molecule has 2 N–H and O–H groups in total. The van der Waals surface area contributed by atoms with Crippen LogP contribution in [0.15, 0.2) is 12.4 Å². The molecule has 0 bridgehead atoms. The second-order valence-electron chi connectivity index (χ2n) is 2.72. The van der Waals surface area contributed by atoms with Gasteiger partial charge >= 0.3 is 7.82 Å². The Morgan fingerprint density at radius 3 is 2.62 bits per heavy atom. The molecule has 0 spiro atoms. The van der Waals surface area contributed by atoms with Gasteiger partial charge in [-0.05, 0) is 6.92 Å². The van der Waals surface area contributed by atoms with Gasteiger partial charge in [0.1, 0.15) is 0 Å². The van der Waals surface area contributed by atoms with Gasteiger partial charge in [0.25, 0.3) is 0 Å². The monoisotopic (exact) mass is 208 g/mol. The van der Waals surface area contributed by atoms with Crippen LogP contribution in [0.25, 0.3) is 0 Å². The van der Waals surface area contributed by atoms with Crippen LogP contribution in [0.5, 0.6) is 0 Å². The first-order chi connectivity index (χ1) is 5.94. The molecule has 6 nitrogen and oxygen atoms in total. The molecule has 0 saturated heterocycles. The lowest BCUT2D eigenvalue weighted by atomic mass is 10.6. The molecule has 0 radical (unpaired) electrons. The number of nitrogens with zero attached hydrogens (tertiary/aromatic N) is 2. The third-order valence-electron chi connectivity index (χ3n) is 1.72. The fraction of sp³-hybridized carbons (Fsp3) is 0.667. The summed E-state index contributed by atoms with van der Waals surface area (Å²) in [5.74, 6) is 0. The summed E-state index contributed by atoms with van der Waals surface area (Å²) in [6, 6.07) is 0. The molecule has 0 amide bonds. The van der Waals surface area contributed by atoms with E-state index in [-0.39, 0.29) is 0 Å². The summed E-state index contributed by atoms with van der Waals surface area (Å²) in [6.07, 6.45) is 2.72. The Labute approximate surface area is 76.6 Å². The van der Waals surface area contributed by atoms with Crippen molar-refractivity contribution in [1.29, 1.82) is 0 Å². The Hall–Kier alpha value is -0.550. The minimum atomic E-state index is -4.43. The SMILES string of the molecule is CCN1C=CN(C)C1OP(=O)(O)O. The van der Waals surface area contributed by atoms with Gasteiger partial charge in [-0.1, -0.05) is 0 Å². The quantitative estimate of drug-likeness (QED) is 0.641. The number of hydrogen-bond donors (Lipinski definition) is 2. The lowest BCUT2D eigenvalue weighted by molar-refractivity contribution is -0.0309. The van der Waals surface area contributed by atoms with Gasteiger partial charge < -0.3 is 19.6 Å². The normalized spacial score (nSPS) is 22.9. The fourth-order valence-corrected chi connectivity index (χ4v) is 1.61. The molecule has 0 aromatic heterocycles. The van der Waals surface area contributed by atoms with Crippen molar-refractivity contribution in [2.75, 3.05) is 13.6 Å².